The Balaban J connectivity index is 2.30. The van der Waals surface area contributed by atoms with E-state index in [1.165, 1.54) is 6.33 Å². The molecule has 17 heavy (non-hydrogen) atoms. The lowest BCUT2D eigenvalue weighted by Gasteiger charge is -1.96. The smallest absolute Gasteiger partial charge is 0.356 e. The molecule has 7 nitrogen and oxygen atoms in total. The minimum absolute atomic E-state index is 0.121. The summed E-state index contributed by atoms with van der Waals surface area (Å²) in [6.45, 7) is 4.07. The molecule has 0 aliphatic carbocycles. The average Bonchev–Trinajstić information content (AvgIpc) is 2.82. The Kier molecular flexibility index (Phi) is 2.90. The van der Waals surface area contributed by atoms with Crippen LogP contribution in [-0.4, -0.2) is 31.2 Å². The second-order valence-electron chi connectivity index (χ2n) is 4.05. The van der Waals surface area contributed by atoms with E-state index in [0.29, 0.717) is 18.2 Å². The van der Waals surface area contributed by atoms with Crippen LogP contribution in [0.5, 0.6) is 0 Å². The van der Waals surface area contributed by atoms with Crippen LogP contribution in [0, 0.1) is 5.92 Å². The Bertz CT molecular complexity index is 529. The van der Waals surface area contributed by atoms with Crippen LogP contribution in [0.2, 0.25) is 0 Å². The molecule has 2 rings (SSSR count). The Morgan fingerprint density at radius 1 is 1.59 bits per heavy atom. The van der Waals surface area contributed by atoms with E-state index >= 15 is 0 Å². The fraction of sp³-hybridized carbons (Fsp3) is 0.400. The summed E-state index contributed by atoms with van der Waals surface area (Å²) in [5.41, 5.74) is 0.116. The van der Waals surface area contributed by atoms with Gasteiger partial charge in [0.25, 0.3) is 5.89 Å². The van der Waals surface area contributed by atoms with Gasteiger partial charge in [0, 0.05) is 6.42 Å². The molecule has 2 heterocycles. The number of rotatable bonds is 4. The van der Waals surface area contributed by atoms with Crippen molar-refractivity contribution in [2.75, 3.05) is 0 Å². The molecule has 2 aromatic heterocycles. The highest BCUT2D eigenvalue weighted by Gasteiger charge is 2.20. The predicted octanol–water partition coefficient (Wildman–Crippen LogP) is 1.36. The minimum Gasteiger partial charge on any atom is -0.476 e. The summed E-state index contributed by atoms with van der Waals surface area (Å²) in [4.78, 5) is 21.4. The quantitative estimate of drug-likeness (QED) is 0.830. The van der Waals surface area contributed by atoms with Gasteiger partial charge in [-0.25, -0.2) is 9.78 Å². The zero-order valence-electron chi connectivity index (χ0n) is 9.47. The van der Waals surface area contributed by atoms with Gasteiger partial charge < -0.3 is 14.6 Å². The van der Waals surface area contributed by atoms with Crippen molar-refractivity contribution in [1.82, 2.24) is 20.1 Å². The normalized spacial score (nSPS) is 11.0. The predicted molar refractivity (Wildman–Crippen MR) is 57.4 cm³/mol. The standard InChI is InChI=1S/C10H12N4O3/c1-5(2)3-6-13-9(17-14-6)7-8(10(15)16)12-4-11-7/h4-5H,3H2,1-2H3,(H,11,12)(H,15,16). The van der Waals surface area contributed by atoms with Gasteiger partial charge in [0.05, 0.1) is 6.33 Å². The van der Waals surface area contributed by atoms with Crippen LogP contribution in [0.25, 0.3) is 11.6 Å². The fourth-order valence-electron chi connectivity index (χ4n) is 1.42. The number of nitrogens with one attached hydrogen (secondary N) is 1. The highest BCUT2D eigenvalue weighted by molar-refractivity contribution is 5.91. The number of imidazole rings is 1. The molecule has 0 atom stereocenters. The van der Waals surface area contributed by atoms with E-state index in [9.17, 15) is 4.79 Å². The Labute approximate surface area is 96.9 Å². The van der Waals surface area contributed by atoms with Crippen LogP contribution < -0.4 is 0 Å². The number of hydrogen-bond acceptors (Lipinski definition) is 5. The molecule has 0 aromatic carbocycles. The van der Waals surface area contributed by atoms with Gasteiger partial charge >= 0.3 is 5.97 Å². The van der Waals surface area contributed by atoms with Crippen LogP contribution in [0.1, 0.15) is 30.2 Å². The van der Waals surface area contributed by atoms with Crippen LogP contribution in [0.15, 0.2) is 10.9 Å². The van der Waals surface area contributed by atoms with Crippen molar-refractivity contribution >= 4 is 5.97 Å². The molecular weight excluding hydrogens is 224 g/mol. The summed E-state index contributed by atoms with van der Waals surface area (Å²) >= 11 is 0. The largest absolute Gasteiger partial charge is 0.476 e. The summed E-state index contributed by atoms with van der Waals surface area (Å²) in [6, 6.07) is 0. The first-order chi connectivity index (χ1) is 8.08. The third-order valence-corrected chi connectivity index (χ3v) is 2.11. The first kappa shape index (κ1) is 11.3. The van der Waals surface area contributed by atoms with Crippen LogP contribution in [0.4, 0.5) is 0 Å². The van der Waals surface area contributed by atoms with E-state index in [-0.39, 0.29) is 17.3 Å². The number of aromatic carboxylic acids is 1. The van der Waals surface area contributed by atoms with Crippen molar-refractivity contribution in [2.45, 2.75) is 20.3 Å². The number of aromatic amines is 1. The number of carboxylic acids is 1. The maximum Gasteiger partial charge on any atom is 0.356 e. The Morgan fingerprint density at radius 3 is 3.00 bits per heavy atom. The molecule has 0 radical (unpaired) electrons. The number of aromatic nitrogens is 4. The number of H-pyrrole nitrogens is 1. The molecule has 2 aromatic rings. The number of nitrogens with zero attached hydrogens (tertiary/aromatic N) is 3. The second kappa shape index (κ2) is 4.36. The second-order valence-corrected chi connectivity index (χ2v) is 4.05. The van der Waals surface area contributed by atoms with Crippen molar-refractivity contribution in [3.05, 3.63) is 17.8 Å². The lowest BCUT2D eigenvalue weighted by Crippen LogP contribution is -1.99. The molecule has 2 N–H and O–H groups in total. The van der Waals surface area contributed by atoms with Gasteiger partial charge in [-0.3, -0.25) is 0 Å². The average molecular weight is 236 g/mol. The Morgan fingerprint density at radius 2 is 2.35 bits per heavy atom. The van der Waals surface area contributed by atoms with Gasteiger partial charge in [-0.2, -0.15) is 4.98 Å². The van der Waals surface area contributed by atoms with Crippen molar-refractivity contribution in [3.8, 4) is 11.6 Å². The van der Waals surface area contributed by atoms with E-state index in [1.807, 2.05) is 13.8 Å². The molecule has 0 saturated heterocycles. The first-order valence-electron chi connectivity index (χ1n) is 5.17. The maximum absolute atomic E-state index is 10.9. The number of hydrogen-bond donors (Lipinski definition) is 2. The van der Waals surface area contributed by atoms with Crippen LogP contribution in [-0.2, 0) is 6.42 Å². The van der Waals surface area contributed by atoms with Crippen molar-refractivity contribution in [1.29, 1.82) is 0 Å². The molecule has 90 valence electrons. The molecule has 0 bridgehead atoms. The third kappa shape index (κ3) is 2.32. The van der Waals surface area contributed by atoms with E-state index in [2.05, 4.69) is 20.1 Å². The highest BCUT2D eigenvalue weighted by atomic mass is 16.5. The Hall–Kier alpha value is -2.18. The zero-order valence-corrected chi connectivity index (χ0v) is 9.47. The summed E-state index contributed by atoms with van der Waals surface area (Å²) in [6.07, 6.45) is 1.96. The highest BCUT2D eigenvalue weighted by Crippen LogP contribution is 2.18. The lowest BCUT2D eigenvalue weighted by atomic mass is 10.1. The van der Waals surface area contributed by atoms with Gasteiger partial charge in [0.2, 0.25) is 0 Å². The minimum atomic E-state index is -1.13. The molecular formula is C10H12N4O3. The van der Waals surface area contributed by atoms with Crippen molar-refractivity contribution in [2.24, 2.45) is 5.92 Å². The monoisotopic (exact) mass is 236 g/mol. The maximum atomic E-state index is 10.9. The summed E-state index contributed by atoms with van der Waals surface area (Å²) in [7, 11) is 0. The van der Waals surface area contributed by atoms with E-state index in [0.717, 1.165) is 0 Å². The molecule has 7 heteroatoms. The van der Waals surface area contributed by atoms with Gasteiger partial charge in [0.1, 0.15) is 5.69 Å². The SMILES string of the molecule is CC(C)Cc1noc(-c2[nH]cnc2C(=O)O)n1. The lowest BCUT2D eigenvalue weighted by molar-refractivity contribution is 0.0691. The summed E-state index contributed by atoms with van der Waals surface area (Å²) < 4.78 is 5.01. The van der Waals surface area contributed by atoms with E-state index in [4.69, 9.17) is 9.63 Å². The van der Waals surface area contributed by atoms with E-state index in [1.54, 1.807) is 0 Å². The van der Waals surface area contributed by atoms with Crippen LogP contribution in [0.3, 0.4) is 0 Å². The van der Waals surface area contributed by atoms with Gasteiger partial charge in [0.15, 0.2) is 11.5 Å². The first-order valence-corrected chi connectivity index (χ1v) is 5.17. The summed E-state index contributed by atoms with van der Waals surface area (Å²) in [5, 5.41) is 12.7. The molecule has 0 amide bonds. The zero-order chi connectivity index (χ0) is 12.4. The molecule has 0 fully saturated rings. The molecule has 0 spiro atoms. The number of carbonyl (C=O) groups is 1. The van der Waals surface area contributed by atoms with Gasteiger partial charge in [-0.15, -0.1) is 0 Å². The number of carboxylic acid groups (broad SMARTS) is 1. The molecule has 0 unspecified atom stereocenters. The topological polar surface area (TPSA) is 105 Å². The van der Waals surface area contributed by atoms with Gasteiger partial charge in [-0.05, 0) is 5.92 Å². The third-order valence-electron chi connectivity index (χ3n) is 2.11. The van der Waals surface area contributed by atoms with Crippen molar-refractivity contribution < 1.29 is 14.4 Å². The fourth-order valence-corrected chi connectivity index (χ4v) is 1.42. The van der Waals surface area contributed by atoms with Gasteiger partial charge in [-0.1, -0.05) is 19.0 Å². The molecule has 0 saturated carbocycles. The molecule has 0 aliphatic heterocycles. The summed E-state index contributed by atoms with van der Waals surface area (Å²) in [5.74, 6) is -0.0255. The van der Waals surface area contributed by atoms with Crippen molar-refractivity contribution in [3.63, 3.8) is 0 Å². The molecule has 0 aliphatic rings. The van der Waals surface area contributed by atoms with Crippen LogP contribution >= 0.6 is 0 Å². The van der Waals surface area contributed by atoms with E-state index < -0.39 is 5.97 Å².